The second-order valence-corrected chi connectivity index (χ2v) is 25.7. The Bertz CT molecular complexity index is 6400. The zero-order valence-electron chi connectivity index (χ0n) is 71.3. The molecular formula is C82H60N4OSi. The summed E-state index contributed by atoms with van der Waals surface area (Å²) in [6.45, 7) is 6.40. The van der Waals surface area contributed by atoms with Gasteiger partial charge in [-0.2, -0.15) is 0 Å². The van der Waals surface area contributed by atoms with Crippen molar-refractivity contribution in [2.45, 2.75) is 26.2 Å². The van der Waals surface area contributed by atoms with E-state index in [1.165, 1.54) is 6.07 Å². The van der Waals surface area contributed by atoms with Crippen LogP contribution in [0.4, 0.5) is 0 Å². The van der Waals surface area contributed by atoms with Gasteiger partial charge in [0.1, 0.15) is 17.3 Å². The molecular weight excluding hydrogens is 1090 g/mol. The highest BCUT2D eigenvalue weighted by atomic mass is 28.3. The van der Waals surface area contributed by atoms with Crippen LogP contribution in [0.5, 0.6) is 11.5 Å². The average molecular weight is 1170 g/mol. The summed E-state index contributed by atoms with van der Waals surface area (Å²) in [5, 5.41) is -2.08. The lowest BCUT2D eigenvalue weighted by molar-refractivity contribution is -0.570. The number of ether oxygens (including phenoxy) is 1. The second-order valence-electron chi connectivity index (χ2n) is 22.2. The molecule has 88 heavy (non-hydrogen) atoms. The van der Waals surface area contributed by atoms with Crippen molar-refractivity contribution in [3.63, 3.8) is 0 Å². The molecule has 1 aliphatic heterocycles. The molecule has 0 saturated carbocycles. The van der Waals surface area contributed by atoms with Crippen molar-refractivity contribution in [3.05, 3.63) is 321 Å². The maximum absolute atomic E-state index is 11.1. The van der Waals surface area contributed by atoms with Gasteiger partial charge in [0.05, 0.1) is 66.3 Å². The van der Waals surface area contributed by atoms with Crippen molar-refractivity contribution in [1.29, 1.82) is 0 Å². The van der Waals surface area contributed by atoms with Crippen molar-refractivity contribution in [2.24, 2.45) is 0 Å². The lowest BCUT2D eigenvalue weighted by Crippen LogP contribution is -2.74. The van der Waals surface area contributed by atoms with Crippen LogP contribution in [-0.2, 0) is 5.41 Å². The molecule has 0 amide bonds. The van der Waals surface area contributed by atoms with Crippen LogP contribution in [0.2, 0.25) is 0 Å². The predicted molar refractivity (Wildman–Crippen MR) is 365 cm³/mol. The van der Waals surface area contributed by atoms with E-state index in [2.05, 4.69) is 37.7 Å². The summed E-state index contributed by atoms with van der Waals surface area (Å²) in [6.07, 6.45) is 5.41. The predicted octanol–water partition coefficient (Wildman–Crippen LogP) is 17.3. The summed E-state index contributed by atoms with van der Waals surface area (Å²) >= 11 is 0. The van der Waals surface area contributed by atoms with Gasteiger partial charge in [-0.3, -0.25) is 13.7 Å². The summed E-state index contributed by atoms with van der Waals surface area (Å²) in [5.41, 5.74) is 5.73. The average Bonchev–Trinajstić information content (AvgIpc) is 0.837. The quantitative estimate of drug-likeness (QED) is 0.0592. The minimum absolute atomic E-state index is 0.0627. The lowest BCUT2D eigenvalue weighted by atomic mass is 9.88. The second kappa shape index (κ2) is 21.2. The van der Waals surface area contributed by atoms with Crippen LogP contribution in [0.3, 0.4) is 0 Å². The van der Waals surface area contributed by atoms with Crippen LogP contribution >= 0.6 is 0 Å². The summed E-state index contributed by atoms with van der Waals surface area (Å²) in [4.78, 5) is 4.87. The van der Waals surface area contributed by atoms with E-state index in [1.807, 2.05) is 84.9 Å². The molecule has 15 aromatic rings. The van der Waals surface area contributed by atoms with E-state index in [1.54, 1.807) is 76.0 Å². The van der Waals surface area contributed by atoms with E-state index >= 15 is 0 Å². The monoisotopic (exact) mass is 1170 g/mol. The fourth-order valence-corrected chi connectivity index (χ4v) is 15.8. The molecule has 418 valence electrons. The number of benzene rings is 12. The van der Waals surface area contributed by atoms with Crippen LogP contribution in [0, 0.1) is 6.33 Å². The maximum atomic E-state index is 11.1. The van der Waals surface area contributed by atoms with Crippen molar-refractivity contribution < 1.29 is 42.2 Å². The Labute approximate surface area is 547 Å². The minimum Gasteiger partial charge on any atom is -0.458 e. The SMILES string of the molecule is [2H]c1c([2H])c([2H])c(-c2cc3c4c(c2)n(-c2cccc(Oc5ccc6c7ccccc7n(-c7cc(C(C)(C)C)ccn7)c6c5)c2)[c-][n+]4-c2c(cccc2-c2c([2H])c([2H])c([2H])c([Si](c4c([2H])c([2H])c([2H])c([2H])c4[2H])(c4c([2H])c([2H])c([2H])c([2H])c4[2H])c4c([2H])c([2H])c([2H])c([2H])c4[2H])c2[2H])-c2ccccc2-c2ccccc2-3)c([2H])c1[2H]. The molecule has 0 radical (unpaired) electrons. The van der Waals surface area contributed by atoms with Gasteiger partial charge in [-0.1, -0.05) is 263 Å². The summed E-state index contributed by atoms with van der Waals surface area (Å²) < 4.78 is 241. The highest BCUT2D eigenvalue weighted by molar-refractivity contribution is 7.19. The molecule has 16 rings (SSSR count). The summed E-state index contributed by atoms with van der Waals surface area (Å²) in [6, 6.07) is 24.0. The molecule has 0 saturated heterocycles. The van der Waals surface area contributed by atoms with Gasteiger partial charge in [0.15, 0.2) is 8.07 Å². The Kier molecular flexibility index (Phi) is 7.99. The first-order valence-electron chi connectivity index (χ1n) is 40.3. The molecule has 0 fully saturated rings. The van der Waals surface area contributed by atoms with E-state index in [-0.39, 0.29) is 38.8 Å². The van der Waals surface area contributed by atoms with E-state index < -0.39 is 179 Å². The number of pyridine rings is 1. The number of nitrogens with zero attached hydrogens (tertiary/aromatic N) is 4. The van der Waals surface area contributed by atoms with E-state index in [4.69, 9.17) is 17.9 Å². The van der Waals surface area contributed by atoms with E-state index in [0.29, 0.717) is 56.4 Å². The first kappa shape index (κ1) is 33.1. The maximum Gasteiger partial charge on any atom is 0.269 e. The molecule has 0 bridgehead atoms. The fraction of sp³-hybridized carbons (Fsp3) is 0.0488. The van der Waals surface area contributed by atoms with Crippen molar-refractivity contribution in [3.8, 4) is 84.3 Å². The number of aromatic nitrogens is 4. The number of fused-ring (bicyclic) bond motifs is 10. The molecule has 4 heterocycles. The third kappa shape index (κ3) is 8.74. The molecule has 12 aromatic carbocycles. The number of imidazole rings is 1. The zero-order valence-corrected chi connectivity index (χ0v) is 48.3. The van der Waals surface area contributed by atoms with Gasteiger partial charge in [-0.25, -0.2) is 4.98 Å². The number of hydrogen-bond donors (Lipinski definition) is 0. The fourth-order valence-electron chi connectivity index (χ4n) is 12.3. The first-order chi connectivity index (χ1) is 53.2. The van der Waals surface area contributed by atoms with Crippen LogP contribution in [0.15, 0.2) is 309 Å². The Balaban J connectivity index is 1.04. The number of rotatable bonds is 10. The number of para-hydroxylation sites is 2. The standard InChI is InChI=1S/C82H60N4OSi/c1-82(2,3)59-47-48-83-79(52-59)86-76-44-21-20-41-72(76)73-46-45-62(54-77(73)86)87-61-29-23-28-60(53-61)84-55-85-80-67(57-27-22-36-66(49-57)88(63-30-10-5-11-31-63,64-32-12-6-13-33-64)65-34-14-7-15-35-65)42-24-43-74(80)70-39-18-16-37-68(70)69-38-17-19-40-71(69)75-50-58(51-78(84)81(75)85)56-25-8-4-9-26-56/h4-54H,1-3H3/i4D,5D,6D,7D,8D,9D,10D,11D,12D,13D,14D,15D,22D,25D,26D,27D,30D,31D,32D,33D,34D,35D,36D,49D. The Morgan fingerprint density at radius 2 is 1.00 bits per heavy atom. The van der Waals surface area contributed by atoms with Gasteiger partial charge in [-0.05, 0) is 142 Å². The summed E-state index contributed by atoms with van der Waals surface area (Å²) in [5.74, 6) is 1.43. The molecule has 0 aliphatic carbocycles. The first-order valence-corrected chi connectivity index (χ1v) is 30.3. The van der Waals surface area contributed by atoms with Gasteiger partial charge in [0.2, 0.25) is 0 Å². The third-order valence-corrected chi connectivity index (χ3v) is 20.2. The Hall–Kier alpha value is -10.9. The van der Waals surface area contributed by atoms with Gasteiger partial charge in [-0.15, -0.1) is 0 Å². The van der Waals surface area contributed by atoms with Gasteiger partial charge >= 0.3 is 0 Å². The summed E-state index contributed by atoms with van der Waals surface area (Å²) in [7, 11) is -6.36. The Morgan fingerprint density at radius 1 is 0.443 bits per heavy atom. The van der Waals surface area contributed by atoms with E-state index in [9.17, 15) is 24.7 Å². The molecule has 0 atom stereocenters. The van der Waals surface area contributed by atoms with Crippen molar-refractivity contribution >= 4 is 61.7 Å². The van der Waals surface area contributed by atoms with Crippen molar-refractivity contribution in [2.75, 3.05) is 0 Å². The molecule has 0 N–H and O–H groups in total. The topological polar surface area (TPSA) is 35.9 Å². The highest BCUT2D eigenvalue weighted by Crippen LogP contribution is 2.46. The third-order valence-electron chi connectivity index (χ3n) is 16.2. The zero-order chi connectivity index (χ0) is 79.8. The van der Waals surface area contributed by atoms with Gasteiger partial charge < -0.3 is 4.74 Å². The highest BCUT2D eigenvalue weighted by Gasteiger charge is 2.41. The smallest absolute Gasteiger partial charge is 0.269 e. The lowest BCUT2D eigenvalue weighted by Gasteiger charge is -2.34. The van der Waals surface area contributed by atoms with Gasteiger partial charge in [0, 0.05) is 23.0 Å². The normalized spacial score (nSPS) is 15.9. The molecule has 0 unspecified atom stereocenters. The minimum atomic E-state index is -6.36. The molecule has 1 aliphatic rings. The van der Waals surface area contributed by atoms with Crippen LogP contribution in [0.1, 0.15) is 59.2 Å². The van der Waals surface area contributed by atoms with Crippen LogP contribution in [-0.4, -0.2) is 22.2 Å². The van der Waals surface area contributed by atoms with Gasteiger partial charge in [0.25, 0.3) is 6.33 Å². The number of hydrogen-bond acceptors (Lipinski definition) is 2. The molecule has 3 aromatic heterocycles. The van der Waals surface area contributed by atoms with E-state index in [0.717, 1.165) is 27.4 Å². The Morgan fingerprint density at radius 3 is 1.68 bits per heavy atom. The molecule has 5 nitrogen and oxygen atoms in total. The largest absolute Gasteiger partial charge is 0.458 e. The van der Waals surface area contributed by atoms with Crippen LogP contribution < -0.4 is 30.1 Å². The van der Waals surface area contributed by atoms with Crippen LogP contribution in [0.25, 0.3) is 106 Å². The molecule has 6 heteroatoms. The molecule has 0 spiro atoms. The van der Waals surface area contributed by atoms with Crippen molar-refractivity contribution in [1.82, 2.24) is 14.1 Å².